The van der Waals surface area contributed by atoms with Crippen molar-refractivity contribution < 1.29 is 8.42 Å². The molecule has 71 valence electrons. The second kappa shape index (κ2) is 4.39. The number of nitrogens with one attached hydrogen (secondary N) is 1. The molecule has 0 spiro atoms. The Balaban J connectivity index is 2.87. The van der Waals surface area contributed by atoms with Crippen molar-refractivity contribution in [1.29, 1.82) is 0 Å². The molecule has 1 rings (SSSR count). The lowest BCUT2D eigenvalue weighted by atomic mass is 10.2. The quantitative estimate of drug-likeness (QED) is 0.851. The Hall–Kier alpha value is -0.140. The highest BCUT2D eigenvalue weighted by atomic mass is 127. The van der Waals surface area contributed by atoms with E-state index in [1.165, 1.54) is 7.05 Å². The fourth-order valence-corrected chi connectivity index (χ4v) is 2.20. The van der Waals surface area contributed by atoms with Crippen LogP contribution in [-0.2, 0) is 15.8 Å². The molecule has 5 heteroatoms. The van der Waals surface area contributed by atoms with Crippen molar-refractivity contribution in [2.45, 2.75) is 5.75 Å². The maximum Gasteiger partial charge on any atom is 0.215 e. The van der Waals surface area contributed by atoms with Gasteiger partial charge < -0.3 is 0 Å². The van der Waals surface area contributed by atoms with Gasteiger partial charge in [0, 0.05) is 3.57 Å². The Morgan fingerprint density at radius 3 is 2.85 bits per heavy atom. The van der Waals surface area contributed by atoms with Gasteiger partial charge in [-0.05, 0) is 47.3 Å². The molecule has 0 fully saturated rings. The Morgan fingerprint density at radius 1 is 1.62 bits per heavy atom. The molecule has 0 amide bonds. The summed E-state index contributed by atoms with van der Waals surface area (Å²) in [5, 5.41) is 0. The molecular formula is C8H9INO2S. The highest BCUT2D eigenvalue weighted by Crippen LogP contribution is 2.09. The molecule has 0 aliphatic rings. The molecule has 0 saturated heterocycles. The van der Waals surface area contributed by atoms with E-state index in [9.17, 15) is 8.42 Å². The van der Waals surface area contributed by atoms with E-state index in [-0.39, 0.29) is 5.75 Å². The van der Waals surface area contributed by atoms with Crippen LogP contribution in [0.1, 0.15) is 5.56 Å². The van der Waals surface area contributed by atoms with Gasteiger partial charge in [0.2, 0.25) is 10.0 Å². The van der Waals surface area contributed by atoms with Gasteiger partial charge in [-0.3, -0.25) is 0 Å². The van der Waals surface area contributed by atoms with Crippen LogP contribution in [0.2, 0.25) is 0 Å². The van der Waals surface area contributed by atoms with E-state index >= 15 is 0 Å². The Morgan fingerprint density at radius 2 is 2.31 bits per heavy atom. The van der Waals surface area contributed by atoms with Gasteiger partial charge >= 0.3 is 0 Å². The highest BCUT2D eigenvalue weighted by Gasteiger charge is 2.07. The molecular weight excluding hydrogens is 301 g/mol. The minimum absolute atomic E-state index is 0.0220. The number of hydrogen-bond donors (Lipinski definition) is 1. The summed E-state index contributed by atoms with van der Waals surface area (Å²) in [5.41, 5.74) is 0.775. The van der Waals surface area contributed by atoms with E-state index in [0.29, 0.717) is 0 Å². The average molecular weight is 310 g/mol. The topological polar surface area (TPSA) is 46.2 Å². The molecule has 0 saturated carbocycles. The second-order valence-electron chi connectivity index (χ2n) is 2.51. The summed E-state index contributed by atoms with van der Waals surface area (Å²) in [6, 6.07) is 8.22. The SMILES string of the molecule is CNS(=O)(=O)Cc1cc[c]c(I)c1. The van der Waals surface area contributed by atoms with Crippen molar-refractivity contribution in [2.75, 3.05) is 7.05 Å². The van der Waals surface area contributed by atoms with Crippen molar-refractivity contribution >= 4 is 32.6 Å². The van der Waals surface area contributed by atoms with Crippen LogP contribution < -0.4 is 4.72 Å². The van der Waals surface area contributed by atoms with Crippen LogP contribution in [-0.4, -0.2) is 15.5 Å². The van der Waals surface area contributed by atoms with Crippen LogP contribution >= 0.6 is 22.6 Å². The lowest BCUT2D eigenvalue weighted by molar-refractivity contribution is 0.587. The molecule has 1 aromatic rings. The zero-order valence-electron chi connectivity index (χ0n) is 7.04. The van der Waals surface area contributed by atoms with Crippen LogP contribution in [0.15, 0.2) is 18.2 Å². The average Bonchev–Trinajstić information content (AvgIpc) is 2.03. The molecule has 0 heterocycles. The molecule has 0 aliphatic carbocycles. The van der Waals surface area contributed by atoms with Gasteiger partial charge in [0.15, 0.2) is 0 Å². The van der Waals surface area contributed by atoms with E-state index in [1.807, 2.05) is 0 Å². The first-order valence-corrected chi connectivity index (χ1v) is 6.34. The minimum atomic E-state index is -3.16. The van der Waals surface area contributed by atoms with Crippen molar-refractivity contribution in [2.24, 2.45) is 0 Å². The van der Waals surface area contributed by atoms with Crippen LogP contribution in [0.25, 0.3) is 0 Å². The largest absolute Gasteiger partial charge is 0.218 e. The van der Waals surface area contributed by atoms with E-state index in [0.717, 1.165) is 9.13 Å². The van der Waals surface area contributed by atoms with Crippen molar-refractivity contribution in [1.82, 2.24) is 4.72 Å². The van der Waals surface area contributed by atoms with Crippen LogP contribution in [0.5, 0.6) is 0 Å². The van der Waals surface area contributed by atoms with Crippen molar-refractivity contribution in [3.63, 3.8) is 0 Å². The zero-order valence-corrected chi connectivity index (χ0v) is 10.0. The number of sulfonamides is 1. The summed E-state index contributed by atoms with van der Waals surface area (Å²) >= 11 is 2.10. The Bertz CT molecular complexity index is 389. The Labute approximate surface area is 91.7 Å². The summed E-state index contributed by atoms with van der Waals surface area (Å²) in [4.78, 5) is 0. The van der Waals surface area contributed by atoms with E-state index in [4.69, 9.17) is 0 Å². The minimum Gasteiger partial charge on any atom is -0.218 e. The highest BCUT2D eigenvalue weighted by molar-refractivity contribution is 14.1. The number of benzene rings is 1. The fraction of sp³-hybridized carbons (Fsp3) is 0.250. The molecule has 0 atom stereocenters. The monoisotopic (exact) mass is 310 g/mol. The number of halogens is 1. The number of hydrogen-bond acceptors (Lipinski definition) is 2. The number of rotatable bonds is 3. The summed E-state index contributed by atoms with van der Waals surface area (Å²) in [5.74, 6) is 0.0220. The molecule has 1 aromatic carbocycles. The summed E-state index contributed by atoms with van der Waals surface area (Å²) in [6.45, 7) is 0. The first kappa shape index (κ1) is 10.9. The molecule has 1 radical (unpaired) electrons. The van der Waals surface area contributed by atoms with E-state index < -0.39 is 10.0 Å². The molecule has 0 aromatic heterocycles. The predicted octanol–water partition coefficient (Wildman–Crippen LogP) is 1.14. The van der Waals surface area contributed by atoms with Gasteiger partial charge in [0.1, 0.15) is 0 Å². The van der Waals surface area contributed by atoms with Gasteiger partial charge in [0.25, 0.3) is 0 Å². The summed E-state index contributed by atoms with van der Waals surface area (Å²) in [7, 11) is -1.74. The molecule has 13 heavy (non-hydrogen) atoms. The third-order valence-corrected chi connectivity index (χ3v) is 3.46. The Kier molecular flexibility index (Phi) is 3.69. The van der Waals surface area contributed by atoms with Crippen LogP contribution in [0.3, 0.4) is 0 Å². The summed E-state index contributed by atoms with van der Waals surface area (Å²) < 4.78 is 25.5. The normalized spacial score (nSPS) is 11.5. The zero-order chi connectivity index (χ0) is 9.90. The van der Waals surface area contributed by atoms with E-state index in [1.54, 1.807) is 18.2 Å². The second-order valence-corrected chi connectivity index (χ2v) is 5.60. The summed E-state index contributed by atoms with van der Waals surface area (Å²) in [6.07, 6.45) is 0. The predicted molar refractivity (Wildman–Crippen MR) is 59.7 cm³/mol. The van der Waals surface area contributed by atoms with E-state index in [2.05, 4.69) is 33.4 Å². The van der Waals surface area contributed by atoms with Crippen molar-refractivity contribution in [3.8, 4) is 0 Å². The lowest BCUT2D eigenvalue weighted by Gasteiger charge is -2.02. The van der Waals surface area contributed by atoms with Gasteiger partial charge in [0.05, 0.1) is 5.75 Å². The van der Waals surface area contributed by atoms with Gasteiger partial charge in [-0.2, -0.15) is 0 Å². The van der Waals surface area contributed by atoms with Gasteiger partial charge in [-0.1, -0.05) is 12.1 Å². The maximum absolute atomic E-state index is 11.2. The first-order valence-electron chi connectivity index (χ1n) is 3.61. The molecule has 0 bridgehead atoms. The van der Waals surface area contributed by atoms with Gasteiger partial charge in [-0.25, -0.2) is 13.1 Å². The fourth-order valence-electron chi connectivity index (χ4n) is 0.862. The third-order valence-electron chi connectivity index (χ3n) is 1.50. The van der Waals surface area contributed by atoms with Gasteiger partial charge in [-0.15, -0.1) is 0 Å². The molecule has 0 aliphatic heterocycles. The molecule has 3 nitrogen and oxygen atoms in total. The molecule has 0 unspecified atom stereocenters. The van der Waals surface area contributed by atoms with Crippen molar-refractivity contribution in [3.05, 3.63) is 33.4 Å². The third kappa shape index (κ3) is 3.61. The lowest BCUT2D eigenvalue weighted by Crippen LogP contribution is -2.20. The first-order chi connectivity index (χ1) is 6.03. The maximum atomic E-state index is 11.2. The standard InChI is InChI=1S/C8H9INO2S/c1-10-13(11,12)6-7-3-2-4-8(9)5-7/h2-3,5,10H,6H2,1H3. The molecule has 1 N–H and O–H groups in total. The van der Waals surface area contributed by atoms with Crippen LogP contribution in [0, 0.1) is 9.64 Å². The van der Waals surface area contributed by atoms with Crippen LogP contribution in [0.4, 0.5) is 0 Å². The smallest absolute Gasteiger partial charge is 0.215 e.